The van der Waals surface area contributed by atoms with Crippen LogP contribution in [0.1, 0.15) is 17.2 Å². The van der Waals surface area contributed by atoms with Gasteiger partial charge < -0.3 is 10.2 Å². The van der Waals surface area contributed by atoms with Crippen molar-refractivity contribution in [3.63, 3.8) is 0 Å². The van der Waals surface area contributed by atoms with Crippen molar-refractivity contribution in [3.05, 3.63) is 28.0 Å². The molecule has 58 valence electrons. The first-order valence-corrected chi connectivity index (χ1v) is 4.34. The van der Waals surface area contributed by atoms with E-state index in [9.17, 15) is 10.2 Å². The summed E-state index contributed by atoms with van der Waals surface area (Å²) in [5.74, 6) is 0. The molecule has 11 heavy (non-hydrogen) atoms. The second-order valence-corrected chi connectivity index (χ2v) is 3.32. The van der Waals surface area contributed by atoms with Crippen LogP contribution in [0.2, 0.25) is 0 Å². The first-order chi connectivity index (χ1) is 5.29. The van der Waals surface area contributed by atoms with E-state index >= 15 is 0 Å². The lowest BCUT2D eigenvalue weighted by molar-refractivity contribution is 0.0473. The smallest absolute Gasteiger partial charge is 0.110 e. The van der Waals surface area contributed by atoms with Gasteiger partial charge in [-0.2, -0.15) is 11.3 Å². The Kier molecular flexibility index (Phi) is 1.56. The second kappa shape index (κ2) is 2.44. The predicted octanol–water partition coefficient (Wildman–Crippen LogP) is 1.17. The molecule has 2 atom stereocenters. The molecule has 1 heterocycles. The third kappa shape index (κ3) is 1.01. The Morgan fingerprint density at radius 1 is 1.27 bits per heavy atom. The Bertz CT molecular complexity index is 290. The molecule has 2 rings (SSSR count). The third-order valence-corrected chi connectivity index (χ3v) is 2.62. The lowest BCUT2D eigenvalue weighted by Gasteiger charge is -2.18. The van der Waals surface area contributed by atoms with Gasteiger partial charge in [0, 0.05) is 5.56 Å². The summed E-state index contributed by atoms with van der Waals surface area (Å²) < 4.78 is 0. The first kappa shape index (κ1) is 7.03. The summed E-state index contributed by atoms with van der Waals surface area (Å²) in [6.45, 7) is 0. The number of aliphatic hydroxyl groups excluding tert-OH is 2. The van der Waals surface area contributed by atoms with E-state index in [1.54, 1.807) is 6.08 Å². The van der Waals surface area contributed by atoms with Crippen LogP contribution in [0.25, 0.3) is 6.08 Å². The van der Waals surface area contributed by atoms with Gasteiger partial charge >= 0.3 is 0 Å². The van der Waals surface area contributed by atoms with Crippen molar-refractivity contribution in [3.8, 4) is 0 Å². The average Bonchev–Trinajstić information content (AvgIpc) is 2.45. The van der Waals surface area contributed by atoms with Gasteiger partial charge in [0.25, 0.3) is 0 Å². The maximum atomic E-state index is 9.42. The fourth-order valence-corrected chi connectivity index (χ4v) is 2.04. The summed E-state index contributed by atoms with van der Waals surface area (Å²) in [7, 11) is 0. The number of thiophene rings is 1. The summed E-state index contributed by atoms with van der Waals surface area (Å²) in [5, 5.41) is 22.5. The number of hydrogen-bond donors (Lipinski definition) is 2. The highest BCUT2D eigenvalue weighted by molar-refractivity contribution is 7.08. The minimum atomic E-state index is -0.739. The molecule has 0 aliphatic heterocycles. The van der Waals surface area contributed by atoms with Crippen LogP contribution in [0.15, 0.2) is 16.8 Å². The van der Waals surface area contributed by atoms with Crippen LogP contribution < -0.4 is 0 Å². The van der Waals surface area contributed by atoms with Crippen LogP contribution in [-0.4, -0.2) is 16.3 Å². The van der Waals surface area contributed by atoms with Gasteiger partial charge in [0.1, 0.15) is 12.2 Å². The summed E-state index contributed by atoms with van der Waals surface area (Å²) in [4.78, 5) is 0. The van der Waals surface area contributed by atoms with Crippen molar-refractivity contribution < 1.29 is 10.2 Å². The fourth-order valence-electron chi connectivity index (χ4n) is 1.18. The van der Waals surface area contributed by atoms with E-state index < -0.39 is 12.2 Å². The summed E-state index contributed by atoms with van der Waals surface area (Å²) in [5.41, 5.74) is 1.86. The minimum absolute atomic E-state index is 0.735. The molecule has 0 saturated heterocycles. The number of fused-ring (bicyclic) bond motifs is 1. The molecule has 0 spiro atoms. The highest BCUT2D eigenvalue weighted by atomic mass is 32.1. The predicted molar refractivity (Wildman–Crippen MR) is 44.3 cm³/mol. The van der Waals surface area contributed by atoms with Crippen LogP contribution in [0.3, 0.4) is 0 Å². The molecule has 1 aromatic rings. The normalized spacial score (nSPS) is 28.5. The first-order valence-electron chi connectivity index (χ1n) is 3.39. The Labute approximate surface area is 68.4 Å². The number of aliphatic hydroxyl groups is 2. The zero-order valence-corrected chi connectivity index (χ0v) is 6.58. The van der Waals surface area contributed by atoms with Gasteiger partial charge in [0.15, 0.2) is 0 Å². The minimum Gasteiger partial charge on any atom is -0.386 e. The van der Waals surface area contributed by atoms with E-state index in [0.29, 0.717) is 0 Å². The van der Waals surface area contributed by atoms with Gasteiger partial charge in [-0.15, -0.1) is 0 Å². The standard InChI is InChI=1S/C8H8O2S/c9-7-2-1-5-3-11-4-6(5)8(7)10/h1-4,7-10H. The Hall–Kier alpha value is -0.640. The molecule has 0 fully saturated rings. The number of rotatable bonds is 0. The Balaban J connectivity index is 2.48. The zero-order chi connectivity index (χ0) is 7.84. The molecular formula is C8H8O2S. The quantitative estimate of drug-likeness (QED) is 0.610. The molecule has 1 aliphatic rings. The molecule has 0 saturated carbocycles. The van der Waals surface area contributed by atoms with Gasteiger partial charge in [0.05, 0.1) is 0 Å². The van der Waals surface area contributed by atoms with Crippen molar-refractivity contribution in [2.45, 2.75) is 12.2 Å². The average molecular weight is 168 g/mol. The SMILES string of the molecule is OC1C=Cc2cscc2C1O. The maximum Gasteiger partial charge on any atom is 0.110 e. The summed E-state index contributed by atoms with van der Waals surface area (Å²) in [6, 6.07) is 0. The second-order valence-electron chi connectivity index (χ2n) is 2.58. The van der Waals surface area contributed by atoms with Gasteiger partial charge in [-0.1, -0.05) is 12.2 Å². The van der Waals surface area contributed by atoms with Crippen molar-refractivity contribution in [2.24, 2.45) is 0 Å². The van der Waals surface area contributed by atoms with E-state index in [0.717, 1.165) is 11.1 Å². The Morgan fingerprint density at radius 2 is 2.09 bits per heavy atom. The largest absolute Gasteiger partial charge is 0.386 e. The molecule has 0 radical (unpaired) electrons. The molecule has 2 N–H and O–H groups in total. The van der Waals surface area contributed by atoms with Crippen molar-refractivity contribution in [1.82, 2.24) is 0 Å². The van der Waals surface area contributed by atoms with E-state index in [1.807, 2.05) is 16.8 Å². The molecular weight excluding hydrogens is 160 g/mol. The van der Waals surface area contributed by atoms with Crippen LogP contribution >= 0.6 is 11.3 Å². The highest BCUT2D eigenvalue weighted by Gasteiger charge is 2.22. The van der Waals surface area contributed by atoms with Gasteiger partial charge in [0.2, 0.25) is 0 Å². The van der Waals surface area contributed by atoms with Crippen LogP contribution in [0.4, 0.5) is 0 Å². The topological polar surface area (TPSA) is 40.5 Å². The molecule has 2 nitrogen and oxygen atoms in total. The highest BCUT2D eigenvalue weighted by Crippen LogP contribution is 2.30. The molecule has 0 amide bonds. The number of hydrogen-bond acceptors (Lipinski definition) is 3. The van der Waals surface area contributed by atoms with Crippen molar-refractivity contribution in [2.75, 3.05) is 0 Å². The molecule has 1 aliphatic carbocycles. The fraction of sp³-hybridized carbons (Fsp3) is 0.250. The van der Waals surface area contributed by atoms with Crippen molar-refractivity contribution in [1.29, 1.82) is 0 Å². The van der Waals surface area contributed by atoms with E-state index in [1.165, 1.54) is 11.3 Å². The van der Waals surface area contributed by atoms with E-state index in [2.05, 4.69) is 0 Å². The zero-order valence-electron chi connectivity index (χ0n) is 5.77. The molecule has 0 aromatic carbocycles. The molecule has 1 aromatic heterocycles. The van der Waals surface area contributed by atoms with E-state index in [-0.39, 0.29) is 0 Å². The van der Waals surface area contributed by atoms with Gasteiger partial charge in [-0.3, -0.25) is 0 Å². The molecule has 3 heteroatoms. The van der Waals surface area contributed by atoms with Crippen LogP contribution in [-0.2, 0) is 0 Å². The van der Waals surface area contributed by atoms with Gasteiger partial charge in [-0.25, -0.2) is 0 Å². The summed E-state index contributed by atoms with van der Waals surface area (Å²) in [6.07, 6.45) is 1.97. The van der Waals surface area contributed by atoms with Gasteiger partial charge in [-0.05, 0) is 16.3 Å². The summed E-state index contributed by atoms with van der Waals surface area (Å²) >= 11 is 1.54. The van der Waals surface area contributed by atoms with Crippen LogP contribution in [0.5, 0.6) is 0 Å². The van der Waals surface area contributed by atoms with Crippen molar-refractivity contribution >= 4 is 17.4 Å². The Morgan fingerprint density at radius 3 is 2.91 bits per heavy atom. The maximum absolute atomic E-state index is 9.42. The molecule has 2 unspecified atom stereocenters. The van der Waals surface area contributed by atoms with Crippen LogP contribution in [0, 0.1) is 0 Å². The third-order valence-electron chi connectivity index (χ3n) is 1.84. The van der Waals surface area contributed by atoms with E-state index in [4.69, 9.17) is 0 Å². The monoisotopic (exact) mass is 168 g/mol. The molecule has 0 bridgehead atoms. The lowest BCUT2D eigenvalue weighted by Crippen LogP contribution is -2.17. The lowest BCUT2D eigenvalue weighted by atomic mass is 9.97.